The molecule has 0 saturated heterocycles. The smallest absolute Gasteiger partial charge is 0.319 e. The minimum absolute atomic E-state index is 0.121. The Morgan fingerprint density at radius 1 is 1.25 bits per heavy atom. The maximum absolute atomic E-state index is 12.6. The third-order valence-corrected chi connectivity index (χ3v) is 4.18. The average molecular weight is 279 g/mol. The Hall–Kier alpha value is -1.39. The number of aryl methyl sites for hydroxylation is 1. The Kier molecular flexibility index (Phi) is 4.78. The number of ether oxygens (including phenoxy) is 1. The molecule has 5 heteroatoms. The van der Waals surface area contributed by atoms with Crippen molar-refractivity contribution in [2.45, 2.75) is 71.3 Å². The molecule has 2 rings (SSSR count). The van der Waals surface area contributed by atoms with Crippen molar-refractivity contribution >= 4 is 5.97 Å². The number of carbonyl (C=O) groups is 1. The van der Waals surface area contributed by atoms with Gasteiger partial charge in [0, 0.05) is 6.54 Å². The van der Waals surface area contributed by atoms with E-state index in [4.69, 9.17) is 4.74 Å². The van der Waals surface area contributed by atoms with Gasteiger partial charge in [0.25, 0.3) is 0 Å². The molecule has 0 N–H and O–H groups in total. The lowest BCUT2D eigenvalue weighted by atomic mass is 9.73. The van der Waals surface area contributed by atoms with Crippen molar-refractivity contribution in [3.8, 4) is 0 Å². The largest absolute Gasteiger partial charge is 0.465 e. The maximum atomic E-state index is 12.6. The zero-order chi connectivity index (χ0) is 14.6. The van der Waals surface area contributed by atoms with Gasteiger partial charge in [-0.05, 0) is 33.1 Å². The van der Waals surface area contributed by atoms with Crippen LogP contribution in [0.15, 0.2) is 0 Å². The summed E-state index contributed by atoms with van der Waals surface area (Å²) in [6, 6.07) is 0. The first-order valence-corrected chi connectivity index (χ1v) is 7.73. The number of carbonyl (C=O) groups excluding carboxylic acids is 1. The summed E-state index contributed by atoms with van der Waals surface area (Å²) < 4.78 is 7.46. The molecule has 5 nitrogen and oxygen atoms in total. The molecule has 1 heterocycles. The molecule has 0 aliphatic heterocycles. The Morgan fingerprint density at radius 2 is 1.95 bits per heavy atom. The summed E-state index contributed by atoms with van der Waals surface area (Å²) in [5.41, 5.74) is -0.579. The van der Waals surface area contributed by atoms with Gasteiger partial charge >= 0.3 is 5.97 Å². The third kappa shape index (κ3) is 2.58. The SMILES string of the molecule is CCCn1c(C)nnc1C1(C(=O)OCC)CCCCC1. The molecule has 1 aromatic rings. The van der Waals surface area contributed by atoms with E-state index in [0.29, 0.717) is 6.61 Å². The monoisotopic (exact) mass is 279 g/mol. The molecule has 0 unspecified atom stereocenters. The summed E-state index contributed by atoms with van der Waals surface area (Å²) in [7, 11) is 0. The average Bonchev–Trinajstić information content (AvgIpc) is 2.82. The van der Waals surface area contributed by atoms with Crippen molar-refractivity contribution in [3.05, 3.63) is 11.6 Å². The standard InChI is InChI=1S/C15H25N3O2/c1-4-11-18-12(3)16-17-13(18)15(14(19)20-5-2)9-7-6-8-10-15/h4-11H2,1-3H3. The Morgan fingerprint density at radius 3 is 2.55 bits per heavy atom. The second-order valence-corrected chi connectivity index (χ2v) is 5.59. The lowest BCUT2D eigenvalue weighted by molar-refractivity contribution is -0.152. The van der Waals surface area contributed by atoms with Crippen LogP contribution in [0.3, 0.4) is 0 Å². The van der Waals surface area contributed by atoms with Gasteiger partial charge in [0.2, 0.25) is 0 Å². The number of aromatic nitrogens is 3. The van der Waals surface area contributed by atoms with Crippen LogP contribution < -0.4 is 0 Å². The number of hydrogen-bond donors (Lipinski definition) is 0. The highest BCUT2D eigenvalue weighted by atomic mass is 16.5. The highest BCUT2D eigenvalue weighted by molar-refractivity contribution is 5.82. The molecular weight excluding hydrogens is 254 g/mol. The van der Waals surface area contributed by atoms with Crippen LogP contribution in [-0.4, -0.2) is 27.3 Å². The van der Waals surface area contributed by atoms with E-state index in [2.05, 4.69) is 21.7 Å². The van der Waals surface area contributed by atoms with Gasteiger partial charge in [-0.3, -0.25) is 4.79 Å². The van der Waals surface area contributed by atoms with Crippen LogP contribution in [0.1, 0.15) is 64.0 Å². The van der Waals surface area contributed by atoms with E-state index >= 15 is 0 Å². The van der Waals surface area contributed by atoms with E-state index in [1.807, 2.05) is 13.8 Å². The second kappa shape index (κ2) is 6.37. The predicted molar refractivity (Wildman–Crippen MR) is 76.4 cm³/mol. The molecule has 0 amide bonds. The molecule has 1 aromatic heterocycles. The van der Waals surface area contributed by atoms with E-state index in [9.17, 15) is 4.79 Å². The molecule has 1 saturated carbocycles. The zero-order valence-corrected chi connectivity index (χ0v) is 12.8. The van der Waals surface area contributed by atoms with Crippen molar-refractivity contribution in [3.63, 3.8) is 0 Å². The minimum Gasteiger partial charge on any atom is -0.465 e. The number of esters is 1. The van der Waals surface area contributed by atoms with E-state index in [1.54, 1.807) is 0 Å². The topological polar surface area (TPSA) is 57.0 Å². The van der Waals surface area contributed by atoms with Gasteiger partial charge in [0.1, 0.15) is 11.2 Å². The summed E-state index contributed by atoms with van der Waals surface area (Å²) in [6.07, 6.45) is 5.95. The van der Waals surface area contributed by atoms with E-state index in [-0.39, 0.29) is 5.97 Å². The molecule has 20 heavy (non-hydrogen) atoms. The number of hydrogen-bond acceptors (Lipinski definition) is 4. The van der Waals surface area contributed by atoms with Crippen LogP contribution in [0.4, 0.5) is 0 Å². The lowest BCUT2D eigenvalue weighted by Gasteiger charge is -2.34. The predicted octanol–water partition coefficient (Wildman–Crippen LogP) is 2.76. The summed E-state index contributed by atoms with van der Waals surface area (Å²) >= 11 is 0. The van der Waals surface area contributed by atoms with Crippen molar-refractivity contribution in [2.24, 2.45) is 0 Å². The highest BCUT2D eigenvalue weighted by Gasteiger charge is 2.46. The fraction of sp³-hybridized carbons (Fsp3) is 0.800. The van der Waals surface area contributed by atoms with Crippen LogP contribution in [0.2, 0.25) is 0 Å². The van der Waals surface area contributed by atoms with Gasteiger partial charge in [-0.25, -0.2) is 0 Å². The van der Waals surface area contributed by atoms with Gasteiger partial charge in [-0.2, -0.15) is 0 Å². The normalized spacial score (nSPS) is 17.9. The fourth-order valence-electron chi connectivity index (χ4n) is 3.17. The van der Waals surface area contributed by atoms with Gasteiger partial charge < -0.3 is 9.30 Å². The highest BCUT2D eigenvalue weighted by Crippen LogP contribution is 2.40. The maximum Gasteiger partial charge on any atom is 0.319 e. The quantitative estimate of drug-likeness (QED) is 0.778. The van der Waals surface area contributed by atoms with Crippen LogP contribution in [0, 0.1) is 6.92 Å². The first-order chi connectivity index (χ1) is 9.65. The van der Waals surface area contributed by atoms with Crippen molar-refractivity contribution < 1.29 is 9.53 Å². The summed E-state index contributed by atoms with van der Waals surface area (Å²) in [5.74, 6) is 1.58. The summed E-state index contributed by atoms with van der Waals surface area (Å²) in [4.78, 5) is 12.6. The zero-order valence-electron chi connectivity index (χ0n) is 12.8. The van der Waals surface area contributed by atoms with Crippen LogP contribution in [0.5, 0.6) is 0 Å². The molecular formula is C15H25N3O2. The molecule has 0 spiro atoms. The first-order valence-electron chi connectivity index (χ1n) is 7.73. The van der Waals surface area contributed by atoms with Crippen LogP contribution in [0.25, 0.3) is 0 Å². The fourth-order valence-corrected chi connectivity index (χ4v) is 3.17. The summed E-state index contributed by atoms with van der Waals surface area (Å²) in [6.45, 7) is 7.21. The van der Waals surface area contributed by atoms with E-state index in [0.717, 1.165) is 50.3 Å². The molecule has 1 fully saturated rings. The van der Waals surface area contributed by atoms with Gasteiger partial charge in [0.05, 0.1) is 6.61 Å². The Bertz CT molecular complexity index is 462. The van der Waals surface area contributed by atoms with E-state index in [1.165, 1.54) is 6.42 Å². The Labute approximate surface area is 120 Å². The van der Waals surface area contributed by atoms with Crippen molar-refractivity contribution in [1.29, 1.82) is 0 Å². The molecule has 0 aromatic carbocycles. The summed E-state index contributed by atoms with van der Waals surface area (Å²) in [5, 5.41) is 8.55. The Balaban J connectivity index is 2.43. The molecule has 0 atom stereocenters. The van der Waals surface area contributed by atoms with Crippen molar-refractivity contribution in [1.82, 2.24) is 14.8 Å². The second-order valence-electron chi connectivity index (χ2n) is 5.59. The van der Waals surface area contributed by atoms with Crippen molar-refractivity contribution in [2.75, 3.05) is 6.61 Å². The van der Waals surface area contributed by atoms with Gasteiger partial charge in [0.15, 0.2) is 5.82 Å². The van der Waals surface area contributed by atoms with Crippen LogP contribution >= 0.6 is 0 Å². The van der Waals surface area contributed by atoms with Gasteiger partial charge in [-0.1, -0.05) is 26.2 Å². The molecule has 1 aliphatic rings. The molecule has 0 radical (unpaired) electrons. The molecule has 0 bridgehead atoms. The van der Waals surface area contributed by atoms with Gasteiger partial charge in [-0.15, -0.1) is 10.2 Å². The number of nitrogens with zero attached hydrogens (tertiary/aromatic N) is 3. The third-order valence-electron chi connectivity index (χ3n) is 4.18. The molecule has 112 valence electrons. The molecule has 1 aliphatic carbocycles. The van der Waals surface area contributed by atoms with Crippen LogP contribution in [-0.2, 0) is 21.5 Å². The number of rotatable bonds is 5. The van der Waals surface area contributed by atoms with E-state index < -0.39 is 5.41 Å². The minimum atomic E-state index is -0.579. The lowest BCUT2D eigenvalue weighted by Crippen LogP contribution is -2.42. The first kappa shape index (κ1) is 15.0.